The number of carbonyl (C=O) groups is 1. The van der Waals surface area contributed by atoms with Gasteiger partial charge >= 0.3 is 0 Å². The normalized spacial score (nSPS) is 34.6. The van der Waals surface area contributed by atoms with Crippen LogP contribution in [0.25, 0.3) is 0 Å². The second kappa shape index (κ2) is 6.07. The van der Waals surface area contributed by atoms with E-state index >= 15 is 0 Å². The number of carbonyl (C=O) groups excluding carboxylic acids is 1. The van der Waals surface area contributed by atoms with Gasteiger partial charge in [-0.3, -0.25) is 9.35 Å². The smallest absolute Gasteiger partial charge is 0.265 e. The molecule has 2 bridgehead atoms. The Bertz CT molecular complexity index is 652. The van der Waals surface area contributed by atoms with Crippen LogP contribution >= 0.6 is 0 Å². The molecule has 0 spiro atoms. The Kier molecular flexibility index (Phi) is 4.51. The fourth-order valence-electron chi connectivity index (χ4n) is 4.90. The first-order valence-electron chi connectivity index (χ1n) is 8.68. The number of nitrogens with zero attached hydrogens (tertiary/aromatic N) is 1. The number of fused-ring (bicyclic) bond motifs is 2. The number of amides is 1. The van der Waals surface area contributed by atoms with Crippen molar-refractivity contribution in [3.05, 3.63) is 0 Å². The third-order valence-electron chi connectivity index (χ3n) is 6.61. The van der Waals surface area contributed by atoms with Crippen LogP contribution in [0.3, 0.4) is 0 Å². The van der Waals surface area contributed by atoms with E-state index in [-0.39, 0.29) is 23.0 Å². The molecule has 2 saturated carbocycles. The Morgan fingerprint density at radius 1 is 1.33 bits per heavy atom. The lowest BCUT2D eigenvalue weighted by Gasteiger charge is -2.37. The molecule has 3 N–H and O–H groups in total. The van der Waals surface area contributed by atoms with Gasteiger partial charge in [0, 0.05) is 17.0 Å². The van der Waals surface area contributed by atoms with Crippen molar-refractivity contribution in [2.75, 3.05) is 18.8 Å². The SMILES string of the molecule is CC1(C)[C@H]2CC[C@@]1(CS(=O)(=O)O)/C(=N\NC(=O)C1CCNCC1)C2. The monoisotopic (exact) mass is 357 g/mol. The molecule has 3 fully saturated rings. The highest BCUT2D eigenvalue weighted by atomic mass is 32.2. The Hall–Kier alpha value is -0.990. The first-order valence-corrected chi connectivity index (χ1v) is 10.3. The van der Waals surface area contributed by atoms with Crippen LogP contribution in [0.2, 0.25) is 0 Å². The van der Waals surface area contributed by atoms with Crippen LogP contribution in [-0.4, -0.2) is 43.4 Å². The van der Waals surface area contributed by atoms with Crippen LogP contribution in [0.1, 0.15) is 46.0 Å². The van der Waals surface area contributed by atoms with Crippen molar-refractivity contribution in [1.29, 1.82) is 0 Å². The van der Waals surface area contributed by atoms with Crippen LogP contribution < -0.4 is 10.7 Å². The molecule has 0 radical (unpaired) electrons. The molecule has 0 aromatic rings. The number of hydrazone groups is 1. The summed E-state index contributed by atoms with van der Waals surface area (Å²) in [5.41, 5.74) is 2.48. The van der Waals surface area contributed by atoms with Gasteiger partial charge in [-0.05, 0) is 56.5 Å². The third kappa shape index (κ3) is 2.99. The maximum atomic E-state index is 12.3. The van der Waals surface area contributed by atoms with Gasteiger partial charge in [0.2, 0.25) is 5.91 Å². The molecule has 2 atom stereocenters. The molecule has 1 heterocycles. The highest BCUT2D eigenvalue weighted by Crippen LogP contribution is 2.64. The summed E-state index contributed by atoms with van der Waals surface area (Å²) in [6.07, 6.45) is 3.90. The van der Waals surface area contributed by atoms with E-state index in [1.165, 1.54) is 0 Å². The largest absolute Gasteiger partial charge is 0.317 e. The van der Waals surface area contributed by atoms with Gasteiger partial charge in [0.05, 0.1) is 5.75 Å². The molecule has 1 amide bonds. The first-order chi connectivity index (χ1) is 11.2. The zero-order chi connectivity index (χ0) is 17.6. The maximum Gasteiger partial charge on any atom is 0.265 e. The minimum Gasteiger partial charge on any atom is -0.317 e. The number of piperidine rings is 1. The minimum absolute atomic E-state index is 0.0419. The standard InChI is InChI=1S/C16H27N3O4S/c1-15(2)12-3-6-16(15,10-24(21,22)23)13(9-12)18-19-14(20)11-4-7-17-8-5-11/h11-12,17H,3-10H2,1-2H3,(H,19,20)(H,21,22,23)/b18-13-/t12-,16+/m0/s1. The van der Waals surface area contributed by atoms with Crippen LogP contribution in [0.15, 0.2) is 5.10 Å². The summed E-state index contributed by atoms with van der Waals surface area (Å²) >= 11 is 0. The zero-order valence-corrected chi connectivity index (χ0v) is 15.2. The average molecular weight is 357 g/mol. The van der Waals surface area contributed by atoms with E-state index in [1.807, 2.05) is 13.8 Å². The minimum atomic E-state index is -4.12. The molecule has 24 heavy (non-hydrogen) atoms. The summed E-state index contributed by atoms with van der Waals surface area (Å²) in [4.78, 5) is 12.3. The van der Waals surface area contributed by atoms with Crippen LogP contribution in [0.5, 0.6) is 0 Å². The second-order valence-electron chi connectivity index (χ2n) is 8.03. The van der Waals surface area contributed by atoms with E-state index in [0.717, 1.165) is 38.1 Å². The Morgan fingerprint density at radius 2 is 2.00 bits per heavy atom. The van der Waals surface area contributed by atoms with E-state index in [9.17, 15) is 17.8 Å². The Balaban J connectivity index is 1.80. The lowest BCUT2D eigenvalue weighted by molar-refractivity contribution is -0.125. The molecule has 0 unspecified atom stereocenters. The summed E-state index contributed by atoms with van der Waals surface area (Å²) in [7, 11) is -4.12. The number of nitrogens with one attached hydrogen (secondary N) is 2. The lowest BCUT2D eigenvalue weighted by atomic mass is 9.70. The van der Waals surface area contributed by atoms with E-state index in [2.05, 4.69) is 15.8 Å². The molecule has 1 saturated heterocycles. The maximum absolute atomic E-state index is 12.3. The topological polar surface area (TPSA) is 108 Å². The van der Waals surface area contributed by atoms with Gasteiger partial charge in [-0.2, -0.15) is 13.5 Å². The van der Waals surface area contributed by atoms with Crippen LogP contribution in [0.4, 0.5) is 0 Å². The summed E-state index contributed by atoms with van der Waals surface area (Å²) in [5, 5.41) is 7.58. The lowest BCUT2D eigenvalue weighted by Crippen LogP contribution is -2.43. The fourth-order valence-corrected chi connectivity index (χ4v) is 6.21. The van der Waals surface area contributed by atoms with Gasteiger partial charge in [0.15, 0.2) is 0 Å². The predicted molar refractivity (Wildman–Crippen MR) is 91.1 cm³/mol. The Labute approximate surface area is 143 Å². The molecule has 0 aromatic carbocycles. The summed E-state index contributed by atoms with van der Waals surface area (Å²) in [6.45, 7) is 5.76. The predicted octanol–water partition coefficient (Wildman–Crippen LogP) is 1.17. The van der Waals surface area contributed by atoms with Gasteiger partial charge in [0.25, 0.3) is 10.1 Å². The molecule has 1 aliphatic heterocycles. The van der Waals surface area contributed by atoms with Gasteiger partial charge in [0.1, 0.15) is 0 Å². The van der Waals surface area contributed by atoms with Crippen molar-refractivity contribution in [2.24, 2.45) is 27.8 Å². The molecule has 8 heteroatoms. The van der Waals surface area contributed by atoms with Crippen molar-refractivity contribution in [1.82, 2.24) is 10.7 Å². The van der Waals surface area contributed by atoms with Crippen LogP contribution in [-0.2, 0) is 14.9 Å². The van der Waals surface area contributed by atoms with Crippen molar-refractivity contribution in [3.63, 3.8) is 0 Å². The molecule has 7 nitrogen and oxygen atoms in total. The number of hydrogen-bond donors (Lipinski definition) is 3. The van der Waals surface area contributed by atoms with E-state index in [1.54, 1.807) is 0 Å². The number of hydrogen-bond acceptors (Lipinski definition) is 5. The van der Waals surface area contributed by atoms with E-state index in [0.29, 0.717) is 18.8 Å². The van der Waals surface area contributed by atoms with E-state index < -0.39 is 15.5 Å². The summed E-state index contributed by atoms with van der Waals surface area (Å²) in [6, 6.07) is 0. The Morgan fingerprint density at radius 3 is 2.58 bits per heavy atom. The van der Waals surface area contributed by atoms with Gasteiger partial charge in [-0.15, -0.1) is 0 Å². The zero-order valence-electron chi connectivity index (χ0n) is 14.3. The molecule has 3 rings (SSSR count). The van der Waals surface area contributed by atoms with Gasteiger partial charge in [-0.25, -0.2) is 5.43 Å². The van der Waals surface area contributed by atoms with E-state index in [4.69, 9.17) is 0 Å². The van der Waals surface area contributed by atoms with Gasteiger partial charge in [-0.1, -0.05) is 13.8 Å². The molecule has 2 aliphatic carbocycles. The summed E-state index contributed by atoms with van der Waals surface area (Å²) in [5.74, 6) is -0.106. The highest BCUT2D eigenvalue weighted by molar-refractivity contribution is 7.85. The fraction of sp³-hybridized carbons (Fsp3) is 0.875. The molecular formula is C16H27N3O4S. The molecule has 3 aliphatic rings. The summed E-state index contributed by atoms with van der Waals surface area (Å²) < 4.78 is 32.6. The third-order valence-corrected chi connectivity index (χ3v) is 7.46. The highest BCUT2D eigenvalue weighted by Gasteiger charge is 2.64. The van der Waals surface area contributed by atoms with Crippen molar-refractivity contribution < 1.29 is 17.8 Å². The first kappa shape index (κ1) is 17.8. The molecular weight excluding hydrogens is 330 g/mol. The second-order valence-corrected chi connectivity index (χ2v) is 9.48. The van der Waals surface area contributed by atoms with Crippen molar-refractivity contribution >= 4 is 21.7 Å². The molecule has 0 aromatic heterocycles. The van der Waals surface area contributed by atoms with Gasteiger partial charge < -0.3 is 5.32 Å². The quantitative estimate of drug-likeness (QED) is 0.517. The van der Waals surface area contributed by atoms with Crippen molar-refractivity contribution in [3.8, 4) is 0 Å². The number of rotatable bonds is 4. The molecule has 136 valence electrons. The van der Waals surface area contributed by atoms with Crippen molar-refractivity contribution in [2.45, 2.75) is 46.0 Å². The van der Waals surface area contributed by atoms with Crippen LogP contribution in [0, 0.1) is 22.7 Å². The average Bonchev–Trinajstić information content (AvgIpc) is 2.86.